The number of nitrogens with zero attached hydrogens (tertiary/aromatic N) is 3. The number of amides is 1. The van der Waals surface area contributed by atoms with Crippen LogP contribution in [0.1, 0.15) is 35.3 Å². The predicted molar refractivity (Wildman–Crippen MR) is 86.0 cm³/mol. The van der Waals surface area contributed by atoms with E-state index in [-0.39, 0.29) is 5.91 Å². The standard InChI is InChI=1S/C15H15N5OS/c1-9(2)12-7-22-15(19-12)14(21)18-11-5-3-10(4-6-11)13-16-8-17-20-13/h3-9H,1-2H3,(H,18,21)(H,16,17,20). The van der Waals surface area contributed by atoms with E-state index < -0.39 is 0 Å². The fourth-order valence-electron chi connectivity index (χ4n) is 1.90. The predicted octanol–water partition coefficient (Wildman–Crippen LogP) is 3.30. The Kier molecular flexibility index (Phi) is 3.97. The molecule has 2 heterocycles. The molecule has 3 aromatic rings. The van der Waals surface area contributed by atoms with E-state index >= 15 is 0 Å². The third kappa shape index (κ3) is 3.04. The molecule has 0 spiro atoms. The van der Waals surface area contributed by atoms with E-state index in [0.29, 0.717) is 16.7 Å². The van der Waals surface area contributed by atoms with Gasteiger partial charge in [0.25, 0.3) is 5.91 Å². The summed E-state index contributed by atoms with van der Waals surface area (Å²) in [5, 5.41) is 11.9. The van der Waals surface area contributed by atoms with E-state index in [4.69, 9.17) is 0 Å². The zero-order valence-corrected chi connectivity index (χ0v) is 13.0. The third-order valence-electron chi connectivity index (χ3n) is 3.14. The van der Waals surface area contributed by atoms with E-state index in [1.165, 1.54) is 17.7 Å². The van der Waals surface area contributed by atoms with Gasteiger partial charge >= 0.3 is 0 Å². The molecule has 6 nitrogen and oxygen atoms in total. The number of rotatable bonds is 4. The van der Waals surface area contributed by atoms with Gasteiger partial charge in [0, 0.05) is 16.6 Å². The van der Waals surface area contributed by atoms with Crippen molar-refractivity contribution in [3.8, 4) is 11.4 Å². The first kappa shape index (κ1) is 14.4. The second-order valence-electron chi connectivity index (χ2n) is 5.10. The summed E-state index contributed by atoms with van der Waals surface area (Å²) in [7, 11) is 0. The Hall–Kier alpha value is -2.54. The van der Waals surface area contributed by atoms with Gasteiger partial charge in [-0.3, -0.25) is 9.89 Å². The van der Waals surface area contributed by atoms with Crippen molar-refractivity contribution in [3.05, 3.63) is 46.7 Å². The first-order valence-corrected chi connectivity index (χ1v) is 7.74. The average Bonchev–Trinajstić information content (AvgIpc) is 3.20. The molecule has 0 saturated carbocycles. The lowest BCUT2D eigenvalue weighted by atomic mass is 10.2. The third-order valence-corrected chi connectivity index (χ3v) is 4.00. The largest absolute Gasteiger partial charge is 0.320 e. The van der Waals surface area contributed by atoms with Crippen LogP contribution in [0.4, 0.5) is 5.69 Å². The number of hydrogen-bond donors (Lipinski definition) is 2. The van der Waals surface area contributed by atoms with Gasteiger partial charge in [0.1, 0.15) is 6.33 Å². The molecule has 0 atom stereocenters. The van der Waals surface area contributed by atoms with Crippen molar-refractivity contribution < 1.29 is 4.79 Å². The smallest absolute Gasteiger partial charge is 0.284 e. The highest BCUT2D eigenvalue weighted by molar-refractivity contribution is 7.11. The van der Waals surface area contributed by atoms with Crippen LogP contribution in [0.15, 0.2) is 36.0 Å². The van der Waals surface area contributed by atoms with Crippen molar-refractivity contribution in [3.63, 3.8) is 0 Å². The maximum atomic E-state index is 12.2. The van der Waals surface area contributed by atoms with E-state index in [9.17, 15) is 4.79 Å². The van der Waals surface area contributed by atoms with Gasteiger partial charge in [-0.2, -0.15) is 5.10 Å². The molecular formula is C15H15N5OS. The fraction of sp³-hybridized carbons (Fsp3) is 0.200. The minimum Gasteiger partial charge on any atom is -0.320 e. The highest BCUT2D eigenvalue weighted by atomic mass is 32.1. The van der Waals surface area contributed by atoms with E-state index in [0.717, 1.165) is 16.9 Å². The van der Waals surface area contributed by atoms with E-state index in [1.54, 1.807) is 0 Å². The average molecular weight is 313 g/mol. The first-order valence-electron chi connectivity index (χ1n) is 6.86. The molecule has 0 unspecified atom stereocenters. The summed E-state index contributed by atoms with van der Waals surface area (Å²) in [6.45, 7) is 4.11. The van der Waals surface area contributed by atoms with Crippen molar-refractivity contribution in [1.29, 1.82) is 0 Å². The van der Waals surface area contributed by atoms with Crippen LogP contribution in [-0.2, 0) is 0 Å². The Bertz CT molecular complexity index is 762. The Morgan fingerprint density at radius 1 is 1.27 bits per heavy atom. The summed E-state index contributed by atoms with van der Waals surface area (Å²) in [6, 6.07) is 7.40. The minimum absolute atomic E-state index is 0.190. The van der Waals surface area contributed by atoms with Gasteiger partial charge in [-0.1, -0.05) is 13.8 Å². The maximum Gasteiger partial charge on any atom is 0.284 e. The molecule has 1 amide bonds. The van der Waals surface area contributed by atoms with Crippen LogP contribution in [0, 0.1) is 0 Å². The van der Waals surface area contributed by atoms with Crippen molar-refractivity contribution in [2.24, 2.45) is 0 Å². The van der Waals surface area contributed by atoms with Crippen LogP contribution in [0.3, 0.4) is 0 Å². The zero-order valence-electron chi connectivity index (χ0n) is 12.2. The van der Waals surface area contributed by atoms with Gasteiger partial charge in [-0.25, -0.2) is 9.97 Å². The van der Waals surface area contributed by atoms with Crippen molar-refractivity contribution in [2.45, 2.75) is 19.8 Å². The van der Waals surface area contributed by atoms with Crippen molar-refractivity contribution in [1.82, 2.24) is 20.2 Å². The summed E-state index contributed by atoms with van der Waals surface area (Å²) in [6.07, 6.45) is 1.46. The molecule has 0 aliphatic rings. The number of anilines is 1. The van der Waals surface area contributed by atoms with Crippen LogP contribution < -0.4 is 5.32 Å². The highest BCUT2D eigenvalue weighted by Crippen LogP contribution is 2.20. The molecule has 1 aromatic carbocycles. The number of thiazole rings is 1. The lowest BCUT2D eigenvalue weighted by Crippen LogP contribution is -2.11. The summed E-state index contributed by atoms with van der Waals surface area (Å²) in [4.78, 5) is 20.6. The Labute approximate surface area is 131 Å². The van der Waals surface area contributed by atoms with Crippen molar-refractivity contribution in [2.75, 3.05) is 5.32 Å². The number of aromatic amines is 1. The number of nitrogens with one attached hydrogen (secondary N) is 2. The van der Waals surface area contributed by atoms with Gasteiger partial charge in [-0.15, -0.1) is 11.3 Å². The summed E-state index contributed by atoms with van der Waals surface area (Å²) < 4.78 is 0. The number of carbonyl (C=O) groups excluding carboxylic acids is 1. The fourth-order valence-corrected chi connectivity index (χ4v) is 2.77. The molecule has 0 radical (unpaired) electrons. The van der Waals surface area contributed by atoms with Crippen LogP contribution in [0.5, 0.6) is 0 Å². The molecule has 0 bridgehead atoms. The lowest BCUT2D eigenvalue weighted by molar-refractivity contribution is 0.102. The highest BCUT2D eigenvalue weighted by Gasteiger charge is 2.13. The summed E-state index contributed by atoms with van der Waals surface area (Å²) in [5.41, 5.74) is 2.57. The van der Waals surface area contributed by atoms with Gasteiger partial charge < -0.3 is 5.32 Å². The minimum atomic E-state index is -0.190. The molecule has 0 aliphatic heterocycles. The molecule has 2 N–H and O–H groups in total. The van der Waals surface area contributed by atoms with E-state index in [2.05, 4.69) is 39.3 Å². The molecular weight excluding hydrogens is 298 g/mol. The Morgan fingerprint density at radius 3 is 2.64 bits per heavy atom. The van der Waals surface area contributed by atoms with Gasteiger partial charge in [0.05, 0.1) is 5.69 Å². The number of carbonyl (C=O) groups is 1. The molecule has 112 valence electrons. The molecule has 2 aromatic heterocycles. The van der Waals surface area contributed by atoms with Gasteiger partial charge in [0.2, 0.25) is 0 Å². The zero-order chi connectivity index (χ0) is 15.5. The van der Waals surface area contributed by atoms with Crippen LogP contribution in [-0.4, -0.2) is 26.1 Å². The Balaban J connectivity index is 1.71. The van der Waals surface area contributed by atoms with E-state index in [1.807, 2.05) is 29.6 Å². The van der Waals surface area contributed by atoms with Crippen molar-refractivity contribution >= 4 is 22.9 Å². The van der Waals surface area contributed by atoms with Gasteiger partial charge in [-0.05, 0) is 30.2 Å². The number of aromatic nitrogens is 4. The molecule has 0 aliphatic carbocycles. The summed E-state index contributed by atoms with van der Waals surface area (Å²) in [5.74, 6) is 0.822. The molecule has 22 heavy (non-hydrogen) atoms. The second kappa shape index (κ2) is 6.07. The lowest BCUT2D eigenvalue weighted by Gasteiger charge is -2.04. The SMILES string of the molecule is CC(C)c1csc(C(=O)Nc2ccc(-c3ncn[nH]3)cc2)n1. The number of hydrogen-bond acceptors (Lipinski definition) is 5. The van der Waals surface area contributed by atoms with Gasteiger partial charge in [0.15, 0.2) is 10.8 Å². The molecule has 0 saturated heterocycles. The Morgan fingerprint density at radius 2 is 2.05 bits per heavy atom. The number of H-pyrrole nitrogens is 1. The summed E-state index contributed by atoms with van der Waals surface area (Å²) >= 11 is 1.36. The normalized spacial score (nSPS) is 10.9. The second-order valence-corrected chi connectivity index (χ2v) is 5.96. The van der Waals surface area contributed by atoms with Crippen LogP contribution in [0.2, 0.25) is 0 Å². The maximum absolute atomic E-state index is 12.2. The van der Waals surface area contributed by atoms with Crippen LogP contribution in [0.25, 0.3) is 11.4 Å². The molecule has 3 rings (SSSR count). The topological polar surface area (TPSA) is 83.6 Å². The molecule has 0 fully saturated rings. The first-order chi connectivity index (χ1) is 10.6. The molecule has 7 heteroatoms. The monoisotopic (exact) mass is 313 g/mol. The quantitative estimate of drug-likeness (QED) is 0.774. The van der Waals surface area contributed by atoms with Crippen LogP contribution >= 0.6 is 11.3 Å². The number of benzene rings is 1.